The van der Waals surface area contributed by atoms with Gasteiger partial charge in [0.05, 0.1) is 18.8 Å². The van der Waals surface area contributed by atoms with E-state index in [2.05, 4.69) is 4.90 Å². The highest BCUT2D eigenvalue weighted by Crippen LogP contribution is 2.29. The Bertz CT molecular complexity index is 511. The fourth-order valence-corrected chi connectivity index (χ4v) is 3.06. The molecular formula is C14H17F3N2O. The lowest BCUT2D eigenvalue weighted by molar-refractivity contribution is -0.0601. The highest BCUT2D eigenvalue weighted by atomic mass is 19.2. The Labute approximate surface area is 115 Å². The van der Waals surface area contributed by atoms with Crippen molar-refractivity contribution in [3.8, 4) is 0 Å². The van der Waals surface area contributed by atoms with E-state index >= 15 is 0 Å². The Balaban J connectivity index is 1.79. The number of hydrogen-bond acceptors (Lipinski definition) is 3. The molecule has 0 bridgehead atoms. The number of nitrogens with two attached hydrogens (primary N) is 1. The average Bonchev–Trinajstić information content (AvgIpc) is 2.91. The number of morpholine rings is 1. The van der Waals surface area contributed by atoms with Gasteiger partial charge in [-0.2, -0.15) is 0 Å². The lowest BCUT2D eigenvalue weighted by atomic mass is 9.99. The van der Waals surface area contributed by atoms with E-state index in [1.807, 2.05) is 0 Å². The van der Waals surface area contributed by atoms with Crippen molar-refractivity contribution in [2.24, 2.45) is 5.73 Å². The highest BCUT2D eigenvalue weighted by Gasteiger charge is 2.36. The van der Waals surface area contributed by atoms with Crippen LogP contribution in [0.4, 0.5) is 13.2 Å². The molecule has 2 N–H and O–H groups in total. The Kier molecular flexibility index (Phi) is 3.70. The van der Waals surface area contributed by atoms with Gasteiger partial charge in [-0.15, -0.1) is 0 Å². The molecule has 0 aliphatic carbocycles. The van der Waals surface area contributed by atoms with E-state index in [4.69, 9.17) is 10.5 Å². The van der Waals surface area contributed by atoms with Crippen LogP contribution in [0.1, 0.15) is 24.4 Å². The first-order chi connectivity index (χ1) is 9.58. The molecule has 1 aromatic carbocycles. The minimum absolute atomic E-state index is 0.0356. The summed E-state index contributed by atoms with van der Waals surface area (Å²) in [7, 11) is 0. The normalized spacial score (nSPS) is 28.4. The fraction of sp³-hybridized carbons (Fsp3) is 0.571. The van der Waals surface area contributed by atoms with E-state index in [9.17, 15) is 13.2 Å². The second kappa shape index (κ2) is 5.35. The van der Waals surface area contributed by atoms with Crippen LogP contribution in [-0.2, 0) is 4.74 Å². The Morgan fingerprint density at radius 3 is 2.85 bits per heavy atom. The van der Waals surface area contributed by atoms with Crippen molar-refractivity contribution in [1.82, 2.24) is 4.90 Å². The van der Waals surface area contributed by atoms with E-state index in [0.29, 0.717) is 19.2 Å². The zero-order chi connectivity index (χ0) is 14.3. The molecule has 20 heavy (non-hydrogen) atoms. The Morgan fingerprint density at radius 2 is 2.05 bits per heavy atom. The number of ether oxygens (including phenoxy) is 1. The summed E-state index contributed by atoms with van der Waals surface area (Å²) >= 11 is 0. The molecule has 3 unspecified atom stereocenters. The van der Waals surface area contributed by atoms with Crippen molar-refractivity contribution in [3.63, 3.8) is 0 Å². The third-order valence-corrected chi connectivity index (χ3v) is 4.24. The SMILES string of the molecule is NC(c1ccc(F)c(F)c1F)C1CN2CCCC2CO1. The van der Waals surface area contributed by atoms with Gasteiger partial charge in [0.1, 0.15) is 0 Å². The molecule has 0 amide bonds. The summed E-state index contributed by atoms with van der Waals surface area (Å²) in [6, 6.07) is 1.70. The van der Waals surface area contributed by atoms with Crippen LogP contribution < -0.4 is 5.73 Å². The van der Waals surface area contributed by atoms with Crippen molar-refractivity contribution in [2.45, 2.75) is 31.0 Å². The van der Waals surface area contributed by atoms with E-state index in [0.717, 1.165) is 25.5 Å². The lowest BCUT2D eigenvalue weighted by Gasteiger charge is -2.37. The minimum Gasteiger partial charge on any atom is -0.373 e. The number of hydrogen-bond donors (Lipinski definition) is 1. The summed E-state index contributed by atoms with van der Waals surface area (Å²) in [6.07, 6.45) is 1.82. The molecule has 2 heterocycles. The molecule has 110 valence electrons. The monoisotopic (exact) mass is 286 g/mol. The van der Waals surface area contributed by atoms with Crippen LogP contribution in [0.3, 0.4) is 0 Å². The van der Waals surface area contributed by atoms with Gasteiger partial charge >= 0.3 is 0 Å². The summed E-state index contributed by atoms with van der Waals surface area (Å²) < 4.78 is 45.7. The summed E-state index contributed by atoms with van der Waals surface area (Å²) in [6.45, 7) is 2.14. The van der Waals surface area contributed by atoms with Crippen LogP contribution in [0.2, 0.25) is 0 Å². The second-order valence-electron chi connectivity index (χ2n) is 5.45. The lowest BCUT2D eigenvalue weighted by Crippen LogP contribution is -2.49. The molecule has 3 nitrogen and oxygen atoms in total. The molecule has 3 atom stereocenters. The second-order valence-corrected chi connectivity index (χ2v) is 5.45. The molecule has 6 heteroatoms. The zero-order valence-electron chi connectivity index (χ0n) is 11.0. The maximum atomic E-state index is 13.8. The van der Waals surface area contributed by atoms with Gasteiger partial charge in [0, 0.05) is 18.2 Å². The molecule has 0 radical (unpaired) electrons. The van der Waals surface area contributed by atoms with Crippen molar-refractivity contribution < 1.29 is 17.9 Å². The van der Waals surface area contributed by atoms with E-state index in [-0.39, 0.29) is 5.56 Å². The van der Waals surface area contributed by atoms with Crippen LogP contribution in [0, 0.1) is 17.5 Å². The first-order valence-electron chi connectivity index (χ1n) is 6.82. The largest absolute Gasteiger partial charge is 0.373 e. The van der Waals surface area contributed by atoms with E-state index in [1.165, 1.54) is 6.07 Å². The topological polar surface area (TPSA) is 38.5 Å². The van der Waals surface area contributed by atoms with Gasteiger partial charge in [-0.1, -0.05) is 6.07 Å². The predicted octanol–water partition coefficient (Wildman–Crippen LogP) is 1.97. The molecule has 3 rings (SSSR count). The summed E-state index contributed by atoms with van der Waals surface area (Å²) in [5, 5.41) is 0. The number of fused-ring (bicyclic) bond motifs is 1. The molecule has 0 spiro atoms. The van der Waals surface area contributed by atoms with Gasteiger partial charge in [-0.3, -0.25) is 4.90 Å². The first kappa shape index (κ1) is 13.9. The Morgan fingerprint density at radius 1 is 1.25 bits per heavy atom. The molecule has 2 saturated heterocycles. The van der Waals surface area contributed by atoms with Crippen molar-refractivity contribution >= 4 is 0 Å². The molecule has 2 aliphatic rings. The van der Waals surface area contributed by atoms with Crippen molar-refractivity contribution in [1.29, 1.82) is 0 Å². The summed E-state index contributed by atoms with van der Waals surface area (Å²) in [5.41, 5.74) is 5.96. The molecule has 2 aliphatic heterocycles. The summed E-state index contributed by atoms with van der Waals surface area (Å²) in [5.74, 6) is -3.90. The molecule has 0 aromatic heterocycles. The van der Waals surface area contributed by atoms with Crippen LogP contribution in [0.5, 0.6) is 0 Å². The van der Waals surface area contributed by atoms with Crippen LogP contribution in [0.15, 0.2) is 12.1 Å². The number of rotatable bonds is 2. The minimum atomic E-state index is -1.48. The van der Waals surface area contributed by atoms with Gasteiger partial charge in [0.25, 0.3) is 0 Å². The fourth-order valence-electron chi connectivity index (χ4n) is 3.06. The van der Waals surface area contributed by atoms with Gasteiger partial charge in [0.2, 0.25) is 0 Å². The van der Waals surface area contributed by atoms with Crippen LogP contribution in [-0.4, -0.2) is 36.7 Å². The number of halogens is 3. The highest BCUT2D eigenvalue weighted by molar-refractivity contribution is 5.24. The van der Waals surface area contributed by atoms with E-state index in [1.54, 1.807) is 0 Å². The molecule has 2 fully saturated rings. The maximum absolute atomic E-state index is 13.8. The molecule has 0 saturated carbocycles. The Hall–Kier alpha value is -1.11. The predicted molar refractivity (Wildman–Crippen MR) is 67.6 cm³/mol. The van der Waals surface area contributed by atoms with Gasteiger partial charge in [0.15, 0.2) is 17.5 Å². The molecule has 1 aromatic rings. The standard InChI is InChI=1S/C14H17F3N2O/c15-10-4-3-9(12(16)13(10)17)14(18)11-6-19-5-1-2-8(19)7-20-11/h3-4,8,11,14H,1-2,5-7,18H2. The number of benzene rings is 1. The van der Waals surface area contributed by atoms with E-state index < -0.39 is 29.6 Å². The maximum Gasteiger partial charge on any atom is 0.194 e. The first-order valence-corrected chi connectivity index (χ1v) is 6.82. The summed E-state index contributed by atoms with van der Waals surface area (Å²) in [4.78, 5) is 2.27. The van der Waals surface area contributed by atoms with Crippen molar-refractivity contribution in [3.05, 3.63) is 35.1 Å². The van der Waals surface area contributed by atoms with Gasteiger partial charge < -0.3 is 10.5 Å². The third-order valence-electron chi connectivity index (χ3n) is 4.24. The van der Waals surface area contributed by atoms with Crippen LogP contribution in [0.25, 0.3) is 0 Å². The number of nitrogens with zero attached hydrogens (tertiary/aromatic N) is 1. The van der Waals surface area contributed by atoms with Crippen molar-refractivity contribution in [2.75, 3.05) is 19.7 Å². The smallest absolute Gasteiger partial charge is 0.194 e. The van der Waals surface area contributed by atoms with Crippen LogP contribution >= 0.6 is 0 Å². The zero-order valence-corrected chi connectivity index (χ0v) is 11.0. The average molecular weight is 286 g/mol. The quantitative estimate of drug-likeness (QED) is 0.845. The van der Waals surface area contributed by atoms with Gasteiger partial charge in [-0.05, 0) is 25.5 Å². The van der Waals surface area contributed by atoms with Gasteiger partial charge in [-0.25, -0.2) is 13.2 Å². The molecular weight excluding hydrogens is 269 g/mol. The third kappa shape index (κ3) is 2.32.